The average Bonchev–Trinajstić information content (AvgIpc) is 3.22. The van der Waals surface area contributed by atoms with Gasteiger partial charge >= 0.3 is 0 Å². The molecule has 1 aliphatic heterocycles. The maximum Gasteiger partial charge on any atom is 0.252 e. The number of rotatable bonds is 4. The molecule has 2 amide bonds. The normalized spacial score (nSPS) is 24.8. The molecule has 0 unspecified atom stereocenters. The summed E-state index contributed by atoms with van der Waals surface area (Å²) in [5, 5.41) is 6.61. The minimum atomic E-state index is -0.193. The van der Waals surface area contributed by atoms with Crippen molar-refractivity contribution in [2.24, 2.45) is 0 Å². The number of benzene rings is 3. The van der Waals surface area contributed by atoms with E-state index in [0.717, 1.165) is 36.8 Å². The van der Waals surface area contributed by atoms with Gasteiger partial charge in [0.25, 0.3) is 5.91 Å². The quantitative estimate of drug-likeness (QED) is 0.614. The third-order valence-electron chi connectivity index (χ3n) is 7.11. The molecule has 3 atom stereocenters. The van der Waals surface area contributed by atoms with E-state index in [0.29, 0.717) is 12.0 Å². The summed E-state index contributed by atoms with van der Waals surface area (Å²) in [4.78, 5) is 25.5. The number of carbonyl (C=O) groups is 2. The third kappa shape index (κ3) is 3.93. The summed E-state index contributed by atoms with van der Waals surface area (Å²) in [7, 11) is 0. The molecule has 0 bridgehead atoms. The van der Waals surface area contributed by atoms with Crippen LogP contribution in [-0.4, -0.2) is 23.4 Å². The molecule has 1 saturated heterocycles. The van der Waals surface area contributed by atoms with Gasteiger partial charge in [-0.3, -0.25) is 9.59 Å². The van der Waals surface area contributed by atoms with Crippen LogP contribution in [0.4, 0.5) is 0 Å². The smallest absolute Gasteiger partial charge is 0.252 e. The van der Waals surface area contributed by atoms with Crippen molar-refractivity contribution in [3.63, 3.8) is 0 Å². The Morgan fingerprint density at radius 2 is 1.56 bits per heavy atom. The highest BCUT2D eigenvalue weighted by molar-refractivity contribution is 6.01. The number of hydrogen-bond acceptors (Lipinski definition) is 2. The van der Waals surface area contributed by atoms with Gasteiger partial charge in [0.2, 0.25) is 5.91 Å². The lowest BCUT2D eigenvalue weighted by molar-refractivity contribution is -0.120. The van der Waals surface area contributed by atoms with Gasteiger partial charge in [0.05, 0.1) is 0 Å². The van der Waals surface area contributed by atoms with Gasteiger partial charge in [0.1, 0.15) is 0 Å². The van der Waals surface area contributed by atoms with Crippen LogP contribution in [0.25, 0.3) is 11.1 Å². The van der Waals surface area contributed by atoms with Crippen LogP contribution < -0.4 is 10.6 Å². The van der Waals surface area contributed by atoms with Gasteiger partial charge in [-0.05, 0) is 48.4 Å². The molecule has 1 spiro atoms. The van der Waals surface area contributed by atoms with Gasteiger partial charge in [-0.25, -0.2) is 0 Å². The van der Waals surface area contributed by atoms with Crippen molar-refractivity contribution < 1.29 is 9.59 Å². The third-order valence-corrected chi connectivity index (χ3v) is 7.11. The molecule has 2 aliphatic rings. The van der Waals surface area contributed by atoms with E-state index in [1.807, 2.05) is 60.7 Å². The summed E-state index contributed by atoms with van der Waals surface area (Å²) >= 11 is 0. The summed E-state index contributed by atoms with van der Waals surface area (Å²) in [6, 6.07) is 28.3. The highest BCUT2D eigenvalue weighted by Crippen LogP contribution is 2.46. The van der Waals surface area contributed by atoms with Crippen molar-refractivity contribution >= 4 is 11.8 Å². The summed E-state index contributed by atoms with van der Waals surface area (Å²) < 4.78 is 0. The number of hydrogen-bond donors (Lipinski definition) is 2. The molecule has 2 fully saturated rings. The van der Waals surface area contributed by atoms with Crippen molar-refractivity contribution in [3.8, 4) is 11.1 Å². The van der Waals surface area contributed by atoms with Crippen molar-refractivity contribution in [2.75, 3.05) is 0 Å². The molecule has 3 aromatic carbocycles. The predicted octanol–water partition coefficient (Wildman–Crippen LogP) is 5.07. The molecular weight excluding hydrogens is 396 g/mol. The maximum atomic E-state index is 13.3. The Morgan fingerprint density at radius 3 is 2.28 bits per heavy atom. The van der Waals surface area contributed by atoms with Crippen molar-refractivity contribution in [3.05, 3.63) is 96.1 Å². The van der Waals surface area contributed by atoms with Crippen LogP contribution in [0, 0.1) is 0 Å². The van der Waals surface area contributed by atoms with Crippen LogP contribution in [0.5, 0.6) is 0 Å². The van der Waals surface area contributed by atoms with Gasteiger partial charge in [0.15, 0.2) is 0 Å². The van der Waals surface area contributed by atoms with E-state index in [1.54, 1.807) is 0 Å². The standard InChI is InChI=1S/C28H28N2O2/c31-26-16-18-28(30-26)17-15-22(19-25(28)21-11-5-2-6-12-21)29-27(32)24-14-8-7-13-23(24)20-9-3-1-4-10-20/h1-14,22,25H,15-19H2,(H,29,32)(H,30,31)/t22-,25+,28-/m0/s1. The molecule has 162 valence electrons. The van der Waals surface area contributed by atoms with E-state index in [4.69, 9.17) is 0 Å². The fourth-order valence-corrected chi connectivity index (χ4v) is 5.51. The first-order valence-electron chi connectivity index (χ1n) is 11.5. The fraction of sp³-hybridized carbons (Fsp3) is 0.286. The molecule has 1 heterocycles. The minimum absolute atomic E-state index is 0.0346. The molecule has 0 aromatic heterocycles. The van der Waals surface area contributed by atoms with Crippen LogP contribution in [-0.2, 0) is 4.79 Å². The Balaban J connectivity index is 1.38. The highest BCUT2D eigenvalue weighted by Gasteiger charge is 2.48. The molecule has 2 N–H and O–H groups in total. The summed E-state index contributed by atoms with van der Waals surface area (Å²) in [6.45, 7) is 0. The van der Waals surface area contributed by atoms with Gasteiger partial charge in [-0.1, -0.05) is 78.9 Å². The maximum absolute atomic E-state index is 13.3. The van der Waals surface area contributed by atoms with Crippen LogP contribution >= 0.6 is 0 Å². The van der Waals surface area contributed by atoms with E-state index in [1.165, 1.54) is 5.56 Å². The Hall–Kier alpha value is -3.40. The van der Waals surface area contributed by atoms with Crippen molar-refractivity contribution in [1.82, 2.24) is 10.6 Å². The summed E-state index contributed by atoms with van der Waals surface area (Å²) in [6.07, 6.45) is 4.02. The van der Waals surface area contributed by atoms with E-state index in [-0.39, 0.29) is 29.3 Å². The largest absolute Gasteiger partial charge is 0.350 e. The number of carbonyl (C=O) groups excluding carboxylic acids is 2. The molecule has 5 rings (SSSR count). The monoisotopic (exact) mass is 424 g/mol. The number of nitrogens with one attached hydrogen (secondary N) is 2. The Kier molecular flexibility index (Phi) is 5.52. The van der Waals surface area contributed by atoms with E-state index >= 15 is 0 Å². The van der Waals surface area contributed by atoms with Gasteiger partial charge in [-0.2, -0.15) is 0 Å². The predicted molar refractivity (Wildman–Crippen MR) is 126 cm³/mol. The molecule has 32 heavy (non-hydrogen) atoms. The van der Waals surface area contributed by atoms with E-state index in [9.17, 15) is 9.59 Å². The van der Waals surface area contributed by atoms with Crippen LogP contribution in [0.1, 0.15) is 53.9 Å². The Labute approximate surface area is 189 Å². The van der Waals surface area contributed by atoms with Crippen LogP contribution in [0.15, 0.2) is 84.9 Å². The molecule has 0 radical (unpaired) electrons. The fourth-order valence-electron chi connectivity index (χ4n) is 5.51. The molecule has 4 nitrogen and oxygen atoms in total. The van der Waals surface area contributed by atoms with Crippen LogP contribution in [0.3, 0.4) is 0 Å². The second-order valence-electron chi connectivity index (χ2n) is 9.02. The Morgan fingerprint density at radius 1 is 0.875 bits per heavy atom. The zero-order valence-corrected chi connectivity index (χ0v) is 18.1. The minimum Gasteiger partial charge on any atom is -0.350 e. The topological polar surface area (TPSA) is 58.2 Å². The average molecular weight is 425 g/mol. The molecule has 4 heteroatoms. The molecule has 1 saturated carbocycles. The molecular formula is C28H28N2O2. The first kappa shape index (κ1) is 20.5. The molecule has 1 aliphatic carbocycles. The van der Waals surface area contributed by atoms with Gasteiger partial charge < -0.3 is 10.6 Å². The summed E-state index contributed by atoms with van der Waals surface area (Å²) in [5.41, 5.74) is 3.72. The van der Waals surface area contributed by atoms with E-state index in [2.05, 4.69) is 34.9 Å². The Bertz CT molecular complexity index is 1110. The highest BCUT2D eigenvalue weighted by atomic mass is 16.2. The lowest BCUT2D eigenvalue weighted by Crippen LogP contribution is -2.53. The van der Waals surface area contributed by atoms with Crippen molar-refractivity contribution in [1.29, 1.82) is 0 Å². The second kappa shape index (κ2) is 8.62. The summed E-state index contributed by atoms with van der Waals surface area (Å²) in [5.74, 6) is 0.302. The molecule has 3 aromatic rings. The zero-order chi connectivity index (χ0) is 22.0. The van der Waals surface area contributed by atoms with Crippen LogP contribution in [0.2, 0.25) is 0 Å². The number of amides is 2. The SMILES string of the molecule is O=C1CC[C@]2(CC[C@H](NC(=O)c3ccccc3-c3ccccc3)C[C@@H]2c2ccccc2)N1. The van der Waals surface area contributed by atoms with E-state index < -0.39 is 0 Å². The lowest BCUT2D eigenvalue weighted by Gasteiger charge is -2.45. The first-order valence-corrected chi connectivity index (χ1v) is 11.5. The van der Waals surface area contributed by atoms with Gasteiger partial charge in [0, 0.05) is 29.5 Å². The van der Waals surface area contributed by atoms with Crippen molar-refractivity contribution in [2.45, 2.75) is 49.6 Å². The zero-order valence-electron chi connectivity index (χ0n) is 18.1. The first-order chi connectivity index (χ1) is 15.6. The lowest BCUT2D eigenvalue weighted by atomic mass is 9.67. The van der Waals surface area contributed by atoms with Gasteiger partial charge in [-0.15, -0.1) is 0 Å². The second-order valence-corrected chi connectivity index (χ2v) is 9.02.